The maximum atomic E-state index is 4.74. The molecule has 0 aliphatic heterocycles. The monoisotopic (exact) mass is 336 g/mol. The van der Waals surface area contributed by atoms with Gasteiger partial charge in [0.15, 0.2) is 0 Å². The van der Waals surface area contributed by atoms with Crippen LogP contribution in [-0.2, 0) is 18.5 Å². The average Bonchev–Trinajstić information content (AvgIpc) is 3.03. The predicted octanol–water partition coefficient (Wildman–Crippen LogP) is 4.38. The topological polar surface area (TPSA) is 42.7 Å². The van der Waals surface area contributed by atoms with Gasteiger partial charge in [-0.15, -0.1) is 10.2 Å². The largest absolute Gasteiger partial charge is 0.350 e. The van der Waals surface area contributed by atoms with Crippen LogP contribution >= 0.6 is 0 Å². The summed E-state index contributed by atoms with van der Waals surface area (Å²) in [6.45, 7) is 3.97. The summed E-state index contributed by atoms with van der Waals surface area (Å²) in [5.41, 5.74) is 1.59. The smallest absolute Gasteiger partial charge is 0.224 e. The Morgan fingerprint density at radius 1 is 1.00 bits per heavy atom. The van der Waals surface area contributed by atoms with Gasteiger partial charge in [0, 0.05) is 18.5 Å². The lowest BCUT2D eigenvalue weighted by molar-refractivity contribution is -0.0110. The maximum absolute atomic E-state index is 4.74. The van der Waals surface area contributed by atoms with E-state index in [2.05, 4.69) is 52.2 Å². The van der Waals surface area contributed by atoms with E-state index in [4.69, 9.17) is 5.10 Å². The Balaban J connectivity index is 1.42. The SMILES string of the molecule is CCn1c(NCc2ccccc2)nnc1C12CC3CC(CC(C3)C1)C2. The molecule has 4 aliphatic rings. The fourth-order valence-corrected chi connectivity index (χ4v) is 6.29. The number of benzene rings is 1. The van der Waals surface area contributed by atoms with Crippen molar-refractivity contribution in [1.82, 2.24) is 14.8 Å². The number of anilines is 1. The molecule has 132 valence electrons. The standard InChI is InChI=1S/C21H28N4/c1-2-25-19(21-11-16-8-17(12-21)10-18(9-16)13-21)23-24-20(25)22-14-15-6-4-3-5-7-15/h3-7,16-18H,2,8-14H2,1H3,(H,22,24). The zero-order chi connectivity index (χ0) is 16.9. The summed E-state index contributed by atoms with van der Waals surface area (Å²) >= 11 is 0. The fraction of sp³-hybridized carbons (Fsp3) is 0.619. The van der Waals surface area contributed by atoms with Crippen molar-refractivity contribution in [1.29, 1.82) is 0 Å². The number of nitrogens with zero attached hydrogens (tertiary/aromatic N) is 3. The van der Waals surface area contributed by atoms with Crippen LogP contribution in [0.2, 0.25) is 0 Å². The average molecular weight is 336 g/mol. The number of hydrogen-bond acceptors (Lipinski definition) is 3. The second kappa shape index (κ2) is 5.86. The molecular weight excluding hydrogens is 308 g/mol. The lowest BCUT2D eigenvalue weighted by Gasteiger charge is -2.56. The van der Waals surface area contributed by atoms with E-state index in [9.17, 15) is 0 Å². The van der Waals surface area contributed by atoms with Crippen molar-refractivity contribution < 1.29 is 0 Å². The molecule has 0 amide bonds. The first-order valence-corrected chi connectivity index (χ1v) is 9.97. The minimum absolute atomic E-state index is 0.310. The van der Waals surface area contributed by atoms with Crippen LogP contribution in [0.4, 0.5) is 5.95 Å². The Kier molecular flexibility index (Phi) is 3.61. The first kappa shape index (κ1) is 15.4. The number of nitrogens with one attached hydrogen (secondary N) is 1. The highest BCUT2D eigenvalue weighted by atomic mass is 15.4. The van der Waals surface area contributed by atoms with E-state index in [0.29, 0.717) is 5.41 Å². The normalized spacial score (nSPS) is 32.9. The van der Waals surface area contributed by atoms with Crippen molar-refractivity contribution >= 4 is 5.95 Å². The van der Waals surface area contributed by atoms with E-state index < -0.39 is 0 Å². The van der Waals surface area contributed by atoms with Gasteiger partial charge >= 0.3 is 0 Å². The quantitative estimate of drug-likeness (QED) is 0.881. The highest BCUT2D eigenvalue weighted by Gasteiger charge is 2.53. The van der Waals surface area contributed by atoms with Crippen LogP contribution in [-0.4, -0.2) is 14.8 Å². The molecular formula is C21H28N4. The lowest BCUT2D eigenvalue weighted by atomic mass is 9.49. The second-order valence-electron chi connectivity index (χ2n) is 8.63. The van der Waals surface area contributed by atoms with E-state index in [1.165, 1.54) is 49.9 Å². The van der Waals surface area contributed by atoms with Crippen LogP contribution < -0.4 is 5.32 Å². The zero-order valence-corrected chi connectivity index (χ0v) is 15.1. The summed E-state index contributed by atoms with van der Waals surface area (Å²) in [5, 5.41) is 12.8. The third kappa shape index (κ3) is 2.57. The maximum Gasteiger partial charge on any atom is 0.224 e. The minimum atomic E-state index is 0.310. The summed E-state index contributed by atoms with van der Waals surface area (Å²) in [4.78, 5) is 0. The molecule has 1 aromatic carbocycles. The molecule has 4 fully saturated rings. The molecule has 0 atom stereocenters. The summed E-state index contributed by atoms with van der Waals surface area (Å²) in [5.74, 6) is 5.03. The number of hydrogen-bond donors (Lipinski definition) is 1. The minimum Gasteiger partial charge on any atom is -0.350 e. The summed E-state index contributed by atoms with van der Waals surface area (Å²) in [7, 11) is 0. The molecule has 0 saturated heterocycles. The van der Waals surface area contributed by atoms with Gasteiger partial charge in [-0.1, -0.05) is 30.3 Å². The molecule has 0 spiro atoms. The Bertz CT molecular complexity index is 713. The van der Waals surface area contributed by atoms with Crippen LogP contribution in [0, 0.1) is 17.8 Å². The van der Waals surface area contributed by atoms with Crippen molar-refractivity contribution in [2.45, 2.75) is 64.0 Å². The van der Waals surface area contributed by atoms with Gasteiger partial charge in [0.05, 0.1) is 0 Å². The molecule has 4 bridgehead atoms. The Morgan fingerprint density at radius 3 is 2.24 bits per heavy atom. The van der Waals surface area contributed by atoms with E-state index in [1.54, 1.807) is 0 Å². The molecule has 1 N–H and O–H groups in total. The molecule has 1 aromatic heterocycles. The predicted molar refractivity (Wildman–Crippen MR) is 99.3 cm³/mol. The van der Waals surface area contributed by atoms with Gasteiger partial charge in [-0.3, -0.25) is 4.57 Å². The van der Waals surface area contributed by atoms with E-state index in [-0.39, 0.29) is 0 Å². The lowest BCUT2D eigenvalue weighted by Crippen LogP contribution is -2.49. The molecule has 4 heteroatoms. The Labute approximate surface area is 150 Å². The fourth-order valence-electron chi connectivity index (χ4n) is 6.29. The van der Waals surface area contributed by atoms with E-state index in [1.807, 2.05) is 0 Å². The summed E-state index contributed by atoms with van der Waals surface area (Å²) in [6.07, 6.45) is 8.44. The van der Waals surface area contributed by atoms with Gasteiger partial charge in [0.1, 0.15) is 5.82 Å². The van der Waals surface area contributed by atoms with Crippen molar-refractivity contribution in [3.05, 3.63) is 41.7 Å². The van der Waals surface area contributed by atoms with E-state index in [0.717, 1.165) is 36.8 Å². The van der Waals surface area contributed by atoms with Gasteiger partial charge < -0.3 is 5.32 Å². The molecule has 25 heavy (non-hydrogen) atoms. The van der Waals surface area contributed by atoms with Gasteiger partial charge in [-0.2, -0.15) is 0 Å². The zero-order valence-electron chi connectivity index (χ0n) is 15.1. The highest BCUT2D eigenvalue weighted by molar-refractivity contribution is 5.32. The van der Waals surface area contributed by atoms with Gasteiger partial charge in [-0.25, -0.2) is 0 Å². The molecule has 4 saturated carbocycles. The molecule has 6 rings (SSSR count). The van der Waals surface area contributed by atoms with Crippen molar-refractivity contribution in [3.63, 3.8) is 0 Å². The third-order valence-corrected chi connectivity index (χ3v) is 6.87. The van der Waals surface area contributed by atoms with Crippen LogP contribution in [0.5, 0.6) is 0 Å². The van der Waals surface area contributed by atoms with E-state index >= 15 is 0 Å². The Morgan fingerprint density at radius 2 is 1.64 bits per heavy atom. The van der Waals surface area contributed by atoms with Crippen LogP contribution in [0.1, 0.15) is 56.8 Å². The molecule has 0 unspecified atom stereocenters. The third-order valence-electron chi connectivity index (χ3n) is 6.87. The molecule has 0 radical (unpaired) electrons. The summed E-state index contributed by atoms with van der Waals surface area (Å²) in [6, 6.07) is 10.5. The van der Waals surface area contributed by atoms with Gasteiger partial charge in [0.25, 0.3) is 0 Å². The van der Waals surface area contributed by atoms with Crippen molar-refractivity contribution in [3.8, 4) is 0 Å². The van der Waals surface area contributed by atoms with Crippen LogP contribution in [0.3, 0.4) is 0 Å². The number of aromatic nitrogens is 3. The summed E-state index contributed by atoms with van der Waals surface area (Å²) < 4.78 is 2.36. The van der Waals surface area contributed by atoms with Gasteiger partial charge in [0.2, 0.25) is 5.95 Å². The van der Waals surface area contributed by atoms with Crippen molar-refractivity contribution in [2.24, 2.45) is 17.8 Å². The first-order valence-electron chi connectivity index (χ1n) is 9.97. The molecule has 2 aromatic rings. The molecule has 1 heterocycles. The second-order valence-corrected chi connectivity index (χ2v) is 8.63. The van der Waals surface area contributed by atoms with Gasteiger partial charge in [-0.05, 0) is 68.8 Å². The Hall–Kier alpha value is -1.84. The highest BCUT2D eigenvalue weighted by Crippen LogP contribution is 2.60. The van der Waals surface area contributed by atoms with Crippen LogP contribution in [0.25, 0.3) is 0 Å². The number of rotatable bonds is 5. The van der Waals surface area contributed by atoms with Crippen LogP contribution in [0.15, 0.2) is 30.3 Å². The first-order chi connectivity index (χ1) is 12.3. The molecule has 4 nitrogen and oxygen atoms in total. The van der Waals surface area contributed by atoms with Crippen molar-refractivity contribution in [2.75, 3.05) is 5.32 Å². The molecule has 4 aliphatic carbocycles.